The van der Waals surface area contributed by atoms with E-state index in [1.807, 2.05) is 6.07 Å². The number of sulfone groups is 1. The van der Waals surface area contributed by atoms with E-state index in [0.29, 0.717) is 24.3 Å². The molecule has 2 atom stereocenters. The molecule has 1 aromatic carbocycles. The van der Waals surface area contributed by atoms with Crippen LogP contribution in [0, 0.1) is 11.3 Å². The van der Waals surface area contributed by atoms with Gasteiger partial charge in [0.25, 0.3) is 0 Å². The monoisotopic (exact) mass is 308 g/mol. The fraction of sp³-hybridized carbons (Fsp3) is 0.429. The Kier molecular flexibility index (Phi) is 4.60. The second-order valence-electron chi connectivity index (χ2n) is 4.95. The lowest BCUT2D eigenvalue weighted by Gasteiger charge is -2.14. The maximum Gasteiger partial charge on any atom is 0.239 e. The Morgan fingerprint density at radius 2 is 2.10 bits per heavy atom. The molecule has 0 aromatic heterocycles. The number of nitrogens with zero attached hydrogens (tertiary/aromatic N) is 1. The second kappa shape index (κ2) is 6.24. The van der Waals surface area contributed by atoms with Crippen LogP contribution in [-0.4, -0.2) is 38.0 Å². The van der Waals surface area contributed by atoms with Gasteiger partial charge < -0.3 is 10.1 Å². The number of nitriles is 1. The van der Waals surface area contributed by atoms with Gasteiger partial charge in [-0.3, -0.25) is 4.79 Å². The number of carbonyl (C=O) groups excluding carboxylic acids is 1. The Morgan fingerprint density at radius 1 is 1.43 bits per heavy atom. The van der Waals surface area contributed by atoms with Gasteiger partial charge in [0.15, 0.2) is 9.84 Å². The summed E-state index contributed by atoms with van der Waals surface area (Å²) in [5.41, 5.74) is 0.933. The number of ether oxygens (including phenoxy) is 1. The van der Waals surface area contributed by atoms with Crippen LogP contribution in [-0.2, 0) is 19.4 Å². The highest BCUT2D eigenvalue weighted by molar-refractivity contribution is 7.92. The van der Waals surface area contributed by atoms with Crippen molar-refractivity contribution in [3.05, 3.63) is 29.8 Å². The van der Waals surface area contributed by atoms with Crippen LogP contribution in [0.3, 0.4) is 0 Å². The van der Waals surface area contributed by atoms with Gasteiger partial charge in [0.1, 0.15) is 5.75 Å². The minimum atomic E-state index is -3.53. The molecule has 2 rings (SSSR count). The molecule has 1 fully saturated rings. The van der Waals surface area contributed by atoms with Gasteiger partial charge in [-0.05, 0) is 37.6 Å². The molecule has 2 unspecified atom stereocenters. The summed E-state index contributed by atoms with van der Waals surface area (Å²) in [5, 5.41) is 10.6. The minimum absolute atomic E-state index is 0.377. The van der Waals surface area contributed by atoms with Gasteiger partial charge in [-0.2, -0.15) is 5.26 Å². The first-order valence-electron chi connectivity index (χ1n) is 6.55. The number of hydrogen-bond donors (Lipinski definition) is 1. The smallest absolute Gasteiger partial charge is 0.239 e. The number of benzene rings is 1. The maximum absolute atomic E-state index is 12.2. The molecule has 0 saturated carbocycles. The predicted octanol–water partition coefficient (Wildman–Crippen LogP) is 1.09. The zero-order chi connectivity index (χ0) is 15.5. The molecule has 0 spiro atoms. The highest BCUT2D eigenvalue weighted by Gasteiger charge is 2.36. The first-order valence-corrected chi connectivity index (χ1v) is 8.27. The summed E-state index contributed by atoms with van der Waals surface area (Å²) < 4.78 is 29.6. The molecular weight excluding hydrogens is 292 g/mol. The fourth-order valence-electron chi connectivity index (χ4n) is 2.30. The Labute approximate surface area is 123 Å². The predicted molar refractivity (Wildman–Crippen MR) is 77.4 cm³/mol. The van der Waals surface area contributed by atoms with E-state index in [-0.39, 0.29) is 6.10 Å². The molecule has 1 aromatic rings. The van der Waals surface area contributed by atoms with E-state index < -0.39 is 26.7 Å². The third-order valence-electron chi connectivity index (χ3n) is 3.40. The van der Waals surface area contributed by atoms with Crippen LogP contribution < -0.4 is 5.32 Å². The number of hydrogen-bond acceptors (Lipinski definition) is 5. The van der Waals surface area contributed by atoms with Crippen molar-refractivity contribution < 1.29 is 17.9 Å². The topological polar surface area (TPSA) is 96.3 Å². The number of nitrogens with one attached hydrogen (secondary N) is 1. The van der Waals surface area contributed by atoms with Crippen LogP contribution in [0.4, 0.5) is 5.69 Å². The standard InChI is InChI=1S/C14H16N2O4S/c1-10-13(6-7-20-10)21(18,19)9-14(17)16-12-4-2-11(8-15)3-5-12/h2-5,10,13H,6-7,9H2,1H3,(H,16,17). The molecule has 0 bridgehead atoms. The molecule has 1 saturated heterocycles. The van der Waals surface area contributed by atoms with Gasteiger partial charge in [-0.15, -0.1) is 0 Å². The van der Waals surface area contributed by atoms with Crippen LogP contribution in [0.2, 0.25) is 0 Å². The van der Waals surface area contributed by atoms with Crippen LogP contribution >= 0.6 is 0 Å². The Balaban J connectivity index is 1.99. The zero-order valence-electron chi connectivity index (χ0n) is 11.6. The Hall–Kier alpha value is -1.91. The summed E-state index contributed by atoms with van der Waals surface area (Å²) in [6.45, 7) is 2.11. The van der Waals surface area contributed by atoms with Gasteiger partial charge in [-0.1, -0.05) is 0 Å². The quantitative estimate of drug-likeness (QED) is 0.898. The molecule has 1 heterocycles. The van der Waals surface area contributed by atoms with E-state index in [0.717, 1.165) is 0 Å². The zero-order valence-corrected chi connectivity index (χ0v) is 12.4. The first-order chi connectivity index (χ1) is 9.92. The van der Waals surface area contributed by atoms with Gasteiger partial charge in [-0.25, -0.2) is 8.42 Å². The molecule has 112 valence electrons. The molecule has 21 heavy (non-hydrogen) atoms. The SMILES string of the molecule is CC1OCCC1S(=O)(=O)CC(=O)Nc1ccc(C#N)cc1. The average molecular weight is 308 g/mol. The fourth-order valence-corrected chi connectivity index (χ4v) is 4.07. The molecule has 0 radical (unpaired) electrons. The number of amides is 1. The highest BCUT2D eigenvalue weighted by atomic mass is 32.2. The second-order valence-corrected chi connectivity index (χ2v) is 7.17. The summed E-state index contributed by atoms with van der Waals surface area (Å²) in [7, 11) is -3.53. The summed E-state index contributed by atoms with van der Waals surface area (Å²) in [5.74, 6) is -1.15. The summed E-state index contributed by atoms with van der Waals surface area (Å²) >= 11 is 0. The highest BCUT2D eigenvalue weighted by Crippen LogP contribution is 2.21. The molecule has 1 amide bonds. The van der Waals surface area contributed by atoms with Crippen molar-refractivity contribution >= 4 is 21.4 Å². The largest absolute Gasteiger partial charge is 0.377 e. The van der Waals surface area contributed by atoms with Gasteiger partial charge in [0.2, 0.25) is 5.91 Å². The van der Waals surface area contributed by atoms with Crippen molar-refractivity contribution in [1.82, 2.24) is 0 Å². The normalized spacial score (nSPS) is 21.7. The van der Waals surface area contributed by atoms with E-state index in [1.165, 1.54) is 0 Å². The van der Waals surface area contributed by atoms with Crippen LogP contribution in [0.25, 0.3) is 0 Å². The van der Waals surface area contributed by atoms with Crippen molar-refractivity contribution in [3.8, 4) is 6.07 Å². The van der Waals surface area contributed by atoms with Crippen molar-refractivity contribution in [3.63, 3.8) is 0 Å². The molecular formula is C14H16N2O4S. The molecule has 1 N–H and O–H groups in total. The average Bonchev–Trinajstić information content (AvgIpc) is 2.86. The van der Waals surface area contributed by atoms with Crippen molar-refractivity contribution in [2.45, 2.75) is 24.7 Å². The molecule has 7 heteroatoms. The van der Waals surface area contributed by atoms with E-state index in [1.54, 1.807) is 31.2 Å². The van der Waals surface area contributed by atoms with E-state index in [9.17, 15) is 13.2 Å². The third kappa shape index (κ3) is 3.80. The van der Waals surface area contributed by atoms with Crippen LogP contribution in [0.15, 0.2) is 24.3 Å². The maximum atomic E-state index is 12.2. The number of anilines is 1. The van der Waals surface area contributed by atoms with Crippen LogP contribution in [0.5, 0.6) is 0 Å². The summed E-state index contributed by atoms with van der Waals surface area (Å²) in [6.07, 6.45) is 0.0471. The molecule has 1 aliphatic rings. The lowest BCUT2D eigenvalue weighted by molar-refractivity contribution is -0.113. The Morgan fingerprint density at radius 3 is 2.62 bits per heavy atom. The summed E-state index contributed by atoms with van der Waals surface area (Å²) in [6, 6.07) is 8.19. The third-order valence-corrected chi connectivity index (χ3v) is 5.60. The lowest BCUT2D eigenvalue weighted by Crippen LogP contribution is -2.34. The van der Waals surface area contributed by atoms with Crippen LogP contribution in [0.1, 0.15) is 18.9 Å². The lowest BCUT2D eigenvalue weighted by atomic mass is 10.2. The van der Waals surface area contributed by atoms with E-state index in [2.05, 4.69) is 5.32 Å². The van der Waals surface area contributed by atoms with Crippen molar-refractivity contribution in [1.29, 1.82) is 5.26 Å². The summed E-state index contributed by atoms with van der Waals surface area (Å²) in [4.78, 5) is 11.8. The first kappa shape index (κ1) is 15.5. The van der Waals surface area contributed by atoms with Crippen molar-refractivity contribution in [2.75, 3.05) is 17.7 Å². The van der Waals surface area contributed by atoms with E-state index in [4.69, 9.17) is 10.00 Å². The molecule has 0 aliphatic carbocycles. The van der Waals surface area contributed by atoms with Gasteiger partial charge in [0.05, 0.1) is 23.0 Å². The minimum Gasteiger partial charge on any atom is -0.377 e. The van der Waals surface area contributed by atoms with Crippen molar-refractivity contribution in [2.24, 2.45) is 0 Å². The number of carbonyl (C=O) groups is 1. The molecule has 1 aliphatic heterocycles. The van der Waals surface area contributed by atoms with Gasteiger partial charge in [0, 0.05) is 12.3 Å². The Bertz CT molecular complexity index is 661. The van der Waals surface area contributed by atoms with Gasteiger partial charge >= 0.3 is 0 Å². The molecule has 6 nitrogen and oxygen atoms in total. The number of rotatable bonds is 4. The van der Waals surface area contributed by atoms with E-state index >= 15 is 0 Å².